The molecule has 0 aliphatic heterocycles. The second kappa shape index (κ2) is 21.0. The Hall–Kier alpha value is -4.19. The highest BCUT2D eigenvalue weighted by Crippen LogP contribution is 2.30. The van der Waals surface area contributed by atoms with Crippen molar-refractivity contribution in [2.45, 2.75) is 115 Å². The third-order valence-corrected chi connectivity index (χ3v) is 9.35. The number of allylic oxidation sites excluding steroid dienone is 1. The summed E-state index contributed by atoms with van der Waals surface area (Å²) >= 11 is 0. The fourth-order valence-electron chi connectivity index (χ4n) is 6.44. The predicted octanol–water partition coefficient (Wildman–Crippen LogP) is 4.09. The van der Waals surface area contributed by atoms with Crippen LogP contribution in [0.2, 0.25) is 0 Å². The molecule has 7 N–H and O–H groups in total. The molecule has 12 nitrogen and oxygen atoms in total. The minimum Gasteiger partial charge on any atom is -0.450 e. The number of amides is 4. The molecule has 1 aliphatic carbocycles. The van der Waals surface area contributed by atoms with Crippen molar-refractivity contribution < 1.29 is 29.0 Å². The van der Waals surface area contributed by atoms with Gasteiger partial charge in [-0.25, -0.2) is 9.78 Å². The number of hydrogen-bond acceptors (Lipinski definition) is 7. The average Bonchev–Trinajstić information content (AvgIpc) is 3.60. The summed E-state index contributed by atoms with van der Waals surface area (Å²) in [4.78, 5) is 58.9. The monoisotopic (exact) mass is 680 g/mol. The lowest BCUT2D eigenvalue weighted by molar-refractivity contribution is -0.132. The van der Waals surface area contributed by atoms with Crippen LogP contribution in [-0.4, -0.2) is 69.7 Å². The molecule has 4 amide bonds. The quantitative estimate of drug-likeness (QED) is 0.0846. The van der Waals surface area contributed by atoms with Gasteiger partial charge in [-0.05, 0) is 49.0 Å². The minimum atomic E-state index is -1.02. The molecule has 1 saturated carbocycles. The first kappa shape index (κ1) is 39.3. The maximum Gasteiger partial charge on any atom is 0.404 e. The highest BCUT2D eigenvalue weighted by atomic mass is 16.5. The number of primary amides is 1. The SMILES string of the molecule is C=C[C@@H](C[C@H](O)[C@H](CC1CCCCC1)NC(=O)[C@H](Cc1c[nH]cn1)NC(=O)[C@H](Cc1ccccc1)NC(=O)CCCCOC(N)=O)C(C)C. The highest BCUT2D eigenvalue weighted by molar-refractivity contribution is 5.92. The van der Waals surface area contributed by atoms with Gasteiger partial charge in [-0.3, -0.25) is 14.4 Å². The number of aliphatic hydroxyl groups is 1. The molecule has 5 atom stereocenters. The lowest BCUT2D eigenvalue weighted by atomic mass is 9.81. The summed E-state index contributed by atoms with van der Waals surface area (Å²) in [6.07, 6.45) is 11.4. The predicted molar refractivity (Wildman–Crippen MR) is 188 cm³/mol. The van der Waals surface area contributed by atoms with Gasteiger partial charge < -0.3 is 36.5 Å². The lowest BCUT2D eigenvalue weighted by Crippen LogP contribution is -2.57. The summed E-state index contributed by atoms with van der Waals surface area (Å²) < 4.78 is 4.73. The van der Waals surface area contributed by atoms with E-state index < -0.39 is 42.1 Å². The number of aromatic amines is 1. The Morgan fingerprint density at radius 1 is 1.02 bits per heavy atom. The van der Waals surface area contributed by atoms with Crippen LogP contribution in [0.4, 0.5) is 4.79 Å². The van der Waals surface area contributed by atoms with E-state index in [9.17, 15) is 24.3 Å². The van der Waals surface area contributed by atoms with E-state index in [0.717, 1.165) is 31.2 Å². The van der Waals surface area contributed by atoms with E-state index in [1.165, 1.54) is 12.7 Å². The van der Waals surface area contributed by atoms with Crippen LogP contribution >= 0.6 is 0 Å². The van der Waals surface area contributed by atoms with Crippen LogP contribution in [0.1, 0.15) is 89.3 Å². The van der Waals surface area contributed by atoms with Crippen LogP contribution in [-0.2, 0) is 32.0 Å². The van der Waals surface area contributed by atoms with E-state index in [2.05, 4.69) is 46.3 Å². The third kappa shape index (κ3) is 14.4. The number of imidazole rings is 1. The van der Waals surface area contributed by atoms with E-state index in [-0.39, 0.29) is 43.6 Å². The maximum absolute atomic E-state index is 14.1. The van der Waals surface area contributed by atoms with Gasteiger partial charge in [-0.2, -0.15) is 0 Å². The topological polar surface area (TPSA) is 189 Å². The van der Waals surface area contributed by atoms with Gasteiger partial charge in [-0.15, -0.1) is 6.58 Å². The van der Waals surface area contributed by atoms with Crippen LogP contribution in [0.5, 0.6) is 0 Å². The molecular weight excluding hydrogens is 624 g/mol. The molecule has 0 saturated heterocycles. The maximum atomic E-state index is 14.1. The molecule has 0 spiro atoms. The van der Waals surface area contributed by atoms with Gasteiger partial charge in [0.05, 0.1) is 30.8 Å². The summed E-state index contributed by atoms with van der Waals surface area (Å²) in [6.45, 7) is 8.24. The second-order valence-corrected chi connectivity index (χ2v) is 13.6. The number of rotatable bonds is 21. The summed E-state index contributed by atoms with van der Waals surface area (Å²) in [5.41, 5.74) is 6.41. The zero-order valence-electron chi connectivity index (χ0n) is 29.1. The van der Waals surface area contributed by atoms with E-state index in [1.807, 2.05) is 36.4 Å². The Morgan fingerprint density at radius 3 is 2.35 bits per heavy atom. The Kier molecular flexibility index (Phi) is 16.8. The Labute approximate surface area is 290 Å². The number of nitrogens with zero attached hydrogens (tertiary/aromatic N) is 1. The first-order chi connectivity index (χ1) is 23.5. The van der Waals surface area contributed by atoms with Crippen molar-refractivity contribution in [3.05, 3.63) is 66.8 Å². The van der Waals surface area contributed by atoms with Gasteiger partial charge in [-0.1, -0.05) is 82.4 Å². The van der Waals surface area contributed by atoms with Crippen molar-refractivity contribution in [3.8, 4) is 0 Å². The van der Waals surface area contributed by atoms with Crippen molar-refractivity contribution in [3.63, 3.8) is 0 Å². The van der Waals surface area contributed by atoms with Gasteiger partial charge >= 0.3 is 6.09 Å². The fraction of sp³-hybridized carbons (Fsp3) is 0.595. The summed E-state index contributed by atoms with van der Waals surface area (Å²) in [5, 5.41) is 20.3. The van der Waals surface area contributed by atoms with E-state index >= 15 is 0 Å². The number of H-pyrrole nitrogens is 1. The van der Waals surface area contributed by atoms with Crippen molar-refractivity contribution >= 4 is 23.8 Å². The van der Waals surface area contributed by atoms with Crippen LogP contribution in [0, 0.1) is 17.8 Å². The average molecular weight is 681 g/mol. The molecule has 49 heavy (non-hydrogen) atoms. The van der Waals surface area contributed by atoms with Gasteiger partial charge in [0.2, 0.25) is 17.7 Å². The number of unbranched alkanes of at least 4 members (excludes halogenated alkanes) is 1. The van der Waals surface area contributed by atoms with E-state index in [1.54, 1.807) is 6.20 Å². The molecule has 12 heteroatoms. The van der Waals surface area contributed by atoms with Crippen LogP contribution in [0.15, 0.2) is 55.5 Å². The largest absolute Gasteiger partial charge is 0.450 e. The first-order valence-electron chi connectivity index (χ1n) is 17.7. The third-order valence-electron chi connectivity index (χ3n) is 9.35. The molecular formula is C37H56N6O6. The molecule has 0 unspecified atom stereocenters. The molecule has 0 bridgehead atoms. The highest BCUT2D eigenvalue weighted by Gasteiger charge is 2.33. The fourth-order valence-corrected chi connectivity index (χ4v) is 6.44. The number of hydrogen-bond donors (Lipinski definition) is 6. The zero-order valence-corrected chi connectivity index (χ0v) is 29.1. The van der Waals surface area contributed by atoms with Crippen LogP contribution in [0.3, 0.4) is 0 Å². The molecule has 1 aromatic carbocycles. The van der Waals surface area contributed by atoms with Crippen molar-refractivity contribution in [2.24, 2.45) is 23.5 Å². The molecule has 2 aromatic rings. The van der Waals surface area contributed by atoms with E-state index in [4.69, 9.17) is 10.5 Å². The standard InChI is InChI=1S/C37H56N6O6/c1-4-28(25(2)3)21-33(44)30(19-26-13-7-5-8-14-26)42-36(47)32(22-29-23-39-24-40-29)43-35(46)31(20-27-15-9-6-10-16-27)41-34(45)17-11-12-18-49-37(38)48/h4,6,9-10,15-16,23-26,28,30-33,44H,1,5,7-8,11-14,17-22H2,2-3H3,(H2,38,48)(H,39,40)(H,41,45)(H,42,47)(H,43,46)/t28-,30-,31-,32-,33-/m0/s1. The molecule has 1 fully saturated rings. The molecule has 1 aliphatic rings. The van der Waals surface area contributed by atoms with Gasteiger partial charge in [0.25, 0.3) is 0 Å². The molecule has 1 heterocycles. The molecule has 3 rings (SSSR count). The first-order valence-corrected chi connectivity index (χ1v) is 17.7. The number of carbonyl (C=O) groups is 4. The number of nitrogens with one attached hydrogen (secondary N) is 4. The number of nitrogens with two attached hydrogens (primary N) is 1. The summed E-state index contributed by atoms with van der Waals surface area (Å²) in [6, 6.07) is 6.82. The zero-order chi connectivity index (χ0) is 35.6. The smallest absolute Gasteiger partial charge is 0.404 e. The molecule has 0 radical (unpaired) electrons. The molecule has 270 valence electrons. The van der Waals surface area contributed by atoms with Crippen molar-refractivity contribution in [2.75, 3.05) is 6.61 Å². The number of ether oxygens (including phenoxy) is 1. The van der Waals surface area contributed by atoms with Crippen LogP contribution < -0.4 is 21.7 Å². The lowest BCUT2D eigenvalue weighted by Gasteiger charge is -2.33. The van der Waals surface area contributed by atoms with Gasteiger partial charge in [0.1, 0.15) is 12.1 Å². The van der Waals surface area contributed by atoms with Gasteiger partial charge in [0.15, 0.2) is 0 Å². The number of aliphatic hydroxyl groups excluding tert-OH is 1. The summed E-state index contributed by atoms with van der Waals surface area (Å²) in [7, 11) is 0. The minimum absolute atomic E-state index is 0.0818. The van der Waals surface area contributed by atoms with Crippen LogP contribution in [0.25, 0.3) is 0 Å². The van der Waals surface area contributed by atoms with E-state index in [0.29, 0.717) is 37.3 Å². The number of benzene rings is 1. The van der Waals surface area contributed by atoms with Crippen molar-refractivity contribution in [1.29, 1.82) is 0 Å². The number of carbonyl (C=O) groups excluding carboxylic acids is 4. The second-order valence-electron chi connectivity index (χ2n) is 13.6. The Balaban J connectivity index is 1.78. The number of aromatic nitrogens is 2. The van der Waals surface area contributed by atoms with Crippen molar-refractivity contribution in [1.82, 2.24) is 25.9 Å². The summed E-state index contributed by atoms with van der Waals surface area (Å²) in [5.74, 6) is -0.525. The normalized spacial score (nSPS) is 16.5. The van der Waals surface area contributed by atoms with Gasteiger partial charge in [0, 0.05) is 25.5 Å². The molecule has 1 aromatic heterocycles. The Bertz CT molecular complexity index is 1300. The Morgan fingerprint density at radius 2 is 1.71 bits per heavy atom.